The van der Waals surface area contributed by atoms with Crippen molar-refractivity contribution in [3.63, 3.8) is 0 Å². The third-order valence-corrected chi connectivity index (χ3v) is 1.97. The number of furan rings is 1. The molecule has 1 heterocycles. The Morgan fingerprint density at radius 1 is 1.14 bits per heavy atom. The molecule has 5 nitrogen and oxygen atoms in total. The normalized spacial score (nSPS) is 10.7. The molecule has 4 N–H and O–H groups in total. The van der Waals surface area contributed by atoms with Crippen LogP contribution in [0.4, 0.5) is 0 Å². The molecular formula is C8H7BO5. The molecule has 0 saturated heterocycles. The lowest BCUT2D eigenvalue weighted by Crippen LogP contribution is -2.29. The maximum absolute atomic E-state index is 9.30. The maximum atomic E-state index is 9.30. The summed E-state index contributed by atoms with van der Waals surface area (Å²) in [4.78, 5) is 0. The molecular weight excluding hydrogens is 187 g/mol. The Hall–Kier alpha value is -1.66. The average molecular weight is 194 g/mol. The Bertz CT molecular complexity index is 476. The van der Waals surface area contributed by atoms with Crippen LogP contribution in [0.25, 0.3) is 11.0 Å². The molecule has 72 valence electrons. The van der Waals surface area contributed by atoms with E-state index < -0.39 is 18.8 Å². The molecule has 0 radical (unpaired) electrons. The number of fused-ring (bicyclic) bond motifs is 1. The summed E-state index contributed by atoms with van der Waals surface area (Å²) < 4.78 is 4.78. The van der Waals surface area contributed by atoms with E-state index in [0.29, 0.717) is 0 Å². The van der Waals surface area contributed by atoms with Crippen LogP contribution < -0.4 is 5.46 Å². The lowest BCUT2D eigenvalue weighted by atomic mass is 9.80. The van der Waals surface area contributed by atoms with Gasteiger partial charge in [0.2, 0.25) is 5.75 Å². The van der Waals surface area contributed by atoms with E-state index in [4.69, 9.17) is 19.6 Å². The van der Waals surface area contributed by atoms with E-state index in [9.17, 15) is 5.11 Å². The summed E-state index contributed by atoms with van der Waals surface area (Å²) in [5.41, 5.74) is 0.498. The zero-order chi connectivity index (χ0) is 10.3. The minimum absolute atomic E-state index is 0.216. The van der Waals surface area contributed by atoms with Crippen molar-refractivity contribution in [3.8, 4) is 11.7 Å². The van der Waals surface area contributed by atoms with Crippen molar-refractivity contribution in [3.05, 3.63) is 18.2 Å². The molecule has 0 unspecified atom stereocenters. The highest BCUT2D eigenvalue weighted by molar-refractivity contribution is 6.58. The summed E-state index contributed by atoms with van der Waals surface area (Å²) >= 11 is 0. The van der Waals surface area contributed by atoms with Crippen LogP contribution in [0.5, 0.6) is 11.7 Å². The van der Waals surface area contributed by atoms with Crippen molar-refractivity contribution >= 4 is 23.6 Å². The zero-order valence-corrected chi connectivity index (χ0v) is 7.01. The molecule has 0 aliphatic carbocycles. The molecule has 6 heteroatoms. The fourth-order valence-corrected chi connectivity index (χ4v) is 1.25. The Morgan fingerprint density at radius 3 is 2.50 bits per heavy atom. The molecule has 0 fully saturated rings. The van der Waals surface area contributed by atoms with Crippen LogP contribution in [0.15, 0.2) is 22.6 Å². The highest BCUT2D eigenvalue weighted by Gasteiger charge is 2.16. The van der Waals surface area contributed by atoms with Gasteiger partial charge in [-0.2, -0.15) is 0 Å². The van der Waals surface area contributed by atoms with Crippen molar-refractivity contribution < 1.29 is 24.7 Å². The Balaban J connectivity index is 2.69. The van der Waals surface area contributed by atoms with Gasteiger partial charge >= 0.3 is 13.1 Å². The van der Waals surface area contributed by atoms with Gasteiger partial charge in [-0.15, -0.1) is 0 Å². The average Bonchev–Trinajstić information content (AvgIpc) is 2.43. The Labute approximate surface area is 79.0 Å². The van der Waals surface area contributed by atoms with Crippen LogP contribution in [0.2, 0.25) is 0 Å². The molecule has 0 saturated carbocycles. The first kappa shape index (κ1) is 8.92. The van der Waals surface area contributed by atoms with Crippen molar-refractivity contribution in [2.24, 2.45) is 0 Å². The Kier molecular flexibility index (Phi) is 1.87. The maximum Gasteiger partial charge on any atom is 0.488 e. The van der Waals surface area contributed by atoms with Gasteiger partial charge in [0.25, 0.3) is 0 Å². The lowest BCUT2D eigenvalue weighted by molar-refractivity contribution is 0.316. The van der Waals surface area contributed by atoms with Crippen molar-refractivity contribution in [1.29, 1.82) is 0 Å². The number of hydrogen-bond donors (Lipinski definition) is 4. The van der Waals surface area contributed by atoms with Gasteiger partial charge in [-0.1, -0.05) is 6.07 Å². The molecule has 1 aromatic heterocycles. The largest absolute Gasteiger partial charge is 0.501 e. The molecule has 0 aliphatic heterocycles. The zero-order valence-electron chi connectivity index (χ0n) is 7.01. The van der Waals surface area contributed by atoms with Gasteiger partial charge < -0.3 is 24.7 Å². The highest BCUT2D eigenvalue weighted by Crippen LogP contribution is 2.36. The first-order chi connectivity index (χ1) is 6.59. The second-order valence-corrected chi connectivity index (χ2v) is 2.89. The van der Waals surface area contributed by atoms with Gasteiger partial charge in [0.1, 0.15) is 5.58 Å². The van der Waals surface area contributed by atoms with Gasteiger partial charge in [0, 0.05) is 0 Å². The predicted octanol–water partition coefficient (Wildman–Crippen LogP) is -0.476. The minimum Gasteiger partial charge on any atom is -0.501 e. The van der Waals surface area contributed by atoms with Crippen LogP contribution in [0.1, 0.15) is 0 Å². The van der Waals surface area contributed by atoms with E-state index >= 15 is 0 Å². The van der Waals surface area contributed by atoms with Crippen molar-refractivity contribution in [2.75, 3.05) is 0 Å². The van der Waals surface area contributed by atoms with E-state index in [1.54, 1.807) is 0 Å². The second-order valence-electron chi connectivity index (χ2n) is 2.89. The summed E-state index contributed by atoms with van der Waals surface area (Å²) in [5.74, 6) is -0.980. The Morgan fingerprint density at radius 2 is 1.86 bits per heavy atom. The van der Waals surface area contributed by atoms with Crippen LogP contribution in [0, 0.1) is 0 Å². The molecule has 0 bridgehead atoms. The van der Waals surface area contributed by atoms with E-state index in [1.807, 2.05) is 0 Å². The molecule has 0 amide bonds. The van der Waals surface area contributed by atoms with Crippen LogP contribution in [0.3, 0.4) is 0 Å². The molecule has 14 heavy (non-hydrogen) atoms. The molecule has 2 rings (SSSR count). The third-order valence-electron chi connectivity index (χ3n) is 1.97. The van der Waals surface area contributed by atoms with Gasteiger partial charge in [0.05, 0.1) is 5.39 Å². The summed E-state index contributed by atoms with van der Waals surface area (Å²) in [6.45, 7) is 0. The topological polar surface area (TPSA) is 94.1 Å². The first-order valence-electron chi connectivity index (χ1n) is 3.90. The quantitative estimate of drug-likeness (QED) is 0.460. The van der Waals surface area contributed by atoms with Crippen LogP contribution in [-0.4, -0.2) is 27.4 Å². The molecule has 1 aromatic carbocycles. The summed E-state index contributed by atoms with van der Waals surface area (Å²) in [7, 11) is -1.61. The number of rotatable bonds is 1. The van der Waals surface area contributed by atoms with Crippen LogP contribution >= 0.6 is 0 Å². The first-order valence-corrected chi connectivity index (χ1v) is 3.90. The highest BCUT2D eigenvalue weighted by atomic mass is 16.5. The monoisotopic (exact) mass is 194 g/mol. The summed E-state index contributed by atoms with van der Waals surface area (Å²) in [5, 5.41) is 36.3. The van der Waals surface area contributed by atoms with Crippen LogP contribution in [-0.2, 0) is 0 Å². The smallest absolute Gasteiger partial charge is 0.488 e. The van der Waals surface area contributed by atoms with E-state index in [-0.39, 0.29) is 16.4 Å². The number of aromatic hydroxyl groups is 2. The number of benzene rings is 1. The molecule has 0 aliphatic rings. The predicted molar refractivity (Wildman–Crippen MR) is 49.4 cm³/mol. The fraction of sp³-hybridized carbons (Fsp3) is 0. The van der Waals surface area contributed by atoms with E-state index in [1.165, 1.54) is 18.2 Å². The molecule has 0 spiro atoms. The minimum atomic E-state index is -1.61. The van der Waals surface area contributed by atoms with Crippen molar-refractivity contribution in [2.45, 2.75) is 0 Å². The summed E-state index contributed by atoms with van der Waals surface area (Å²) in [6, 6.07) is 4.19. The molecule has 2 aromatic rings. The number of hydrogen-bond acceptors (Lipinski definition) is 5. The standard InChI is InChI=1S/C8H7BO5/c10-7-5-3-4(9(12)13)1-2-6(5)14-8(7)11/h1-3,10-13H. The SMILES string of the molecule is OB(O)c1ccc2oc(O)c(O)c2c1. The third kappa shape index (κ3) is 1.21. The lowest BCUT2D eigenvalue weighted by Gasteiger charge is -1.97. The van der Waals surface area contributed by atoms with Gasteiger partial charge in [-0.05, 0) is 17.6 Å². The van der Waals surface area contributed by atoms with E-state index in [2.05, 4.69) is 0 Å². The summed E-state index contributed by atoms with van der Waals surface area (Å²) in [6.07, 6.45) is 0. The molecule has 0 atom stereocenters. The fourth-order valence-electron chi connectivity index (χ4n) is 1.25. The second kappa shape index (κ2) is 2.93. The van der Waals surface area contributed by atoms with Crippen molar-refractivity contribution in [1.82, 2.24) is 0 Å². The van der Waals surface area contributed by atoms with Gasteiger partial charge in [-0.25, -0.2) is 0 Å². The van der Waals surface area contributed by atoms with Gasteiger partial charge in [0.15, 0.2) is 0 Å². The van der Waals surface area contributed by atoms with E-state index in [0.717, 1.165) is 0 Å². The van der Waals surface area contributed by atoms with Gasteiger partial charge in [-0.3, -0.25) is 0 Å².